The molecule has 1 saturated heterocycles. The highest BCUT2D eigenvalue weighted by atomic mass is 16.5. The molecule has 0 aromatic heterocycles. The highest BCUT2D eigenvalue weighted by molar-refractivity contribution is 5.79. The second-order valence-corrected chi connectivity index (χ2v) is 3.80. The molecule has 1 unspecified atom stereocenters. The molecule has 88 valence electrons. The summed E-state index contributed by atoms with van der Waals surface area (Å²) < 4.78 is 5.05. The van der Waals surface area contributed by atoms with Crippen LogP contribution in [0.4, 0.5) is 0 Å². The minimum atomic E-state index is -1.33. The summed E-state index contributed by atoms with van der Waals surface area (Å²) in [6, 6.07) is 0. The van der Waals surface area contributed by atoms with E-state index in [2.05, 4.69) is 5.32 Å². The Labute approximate surface area is 87.9 Å². The van der Waals surface area contributed by atoms with Crippen LogP contribution >= 0.6 is 0 Å². The van der Waals surface area contributed by atoms with Crippen LogP contribution < -0.4 is 5.32 Å². The van der Waals surface area contributed by atoms with Gasteiger partial charge in [-0.25, -0.2) is 0 Å². The largest absolute Gasteiger partial charge is 0.394 e. The van der Waals surface area contributed by atoms with Gasteiger partial charge in [0.05, 0.1) is 32.3 Å². The van der Waals surface area contributed by atoms with Crippen molar-refractivity contribution in [2.75, 3.05) is 33.0 Å². The van der Waals surface area contributed by atoms with E-state index < -0.39 is 25.4 Å². The van der Waals surface area contributed by atoms with Crippen LogP contribution in [-0.2, 0) is 9.53 Å². The molecule has 0 spiro atoms. The van der Waals surface area contributed by atoms with Crippen molar-refractivity contribution in [1.29, 1.82) is 0 Å². The number of aliphatic hydroxyl groups is 3. The van der Waals surface area contributed by atoms with Crippen molar-refractivity contribution in [2.45, 2.75) is 12.0 Å². The highest BCUT2D eigenvalue weighted by Gasteiger charge is 2.33. The summed E-state index contributed by atoms with van der Waals surface area (Å²) in [5.74, 6) is -0.557. The Bertz CT molecular complexity index is 202. The quantitative estimate of drug-likeness (QED) is 0.423. The lowest BCUT2D eigenvalue weighted by atomic mass is 10.0. The molecule has 1 atom stereocenters. The van der Waals surface area contributed by atoms with Crippen LogP contribution in [0.25, 0.3) is 0 Å². The van der Waals surface area contributed by atoms with E-state index >= 15 is 0 Å². The van der Waals surface area contributed by atoms with E-state index in [1.54, 1.807) is 0 Å². The van der Waals surface area contributed by atoms with Crippen molar-refractivity contribution >= 4 is 5.91 Å². The smallest absolute Gasteiger partial charge is 0.226 e. The third-order valence-electron chi connectivity index (χ3n) is 2.60. The number of carbonyl (C=O) groups is 1. The van der Waals surface area contributed by atoms with Crippen molar-refractivity contribution in [2.24, 2.45) is 5.92 Å². The maximum atomic E-state index is 11.6. The van der Waals surface area contributed by atoms with Crippen molar-refractivity contribution < 1.29 is 24.9 Å². The summed E-state index contributed by atoms with van der Waals surface area (Å²) in [7, 11) is 0. The molecule has 0 radical (unpaired) electrons. The molecular formula is C9H17NO5. The zero-order valence-corrected chi connectivity index (χ0v) is 8.48. The van der Waals surface area contributed by atoms with Gasteiger partial charge in [0.1, 0.15) is 5.54 Å². The van der Waals surface area contributed by atoms with Gasteiger partial charge in [-0.3, -0.25) is 4.79 Å². The molecule has 1 heterocycles. The molecule has 0 bridgehead atoms. The number of aliphatic hydroxyl groups excluding tert-OH is 3. The Morgan fingerprint density at radius 1 is 1.33 bits per heavy atom. The van der Waals surface area contributed by atoms with Crippen molar-refractivity contribution in [3.63, 3.8) is 0 Å². The molecule has 1 aliphatic heterocycles. The molecule has 6 heteroatoms. The van der Waals surface area contributed by atoms with Crippen LogP contribution in [0.1, 0.15) is 6.42 Å². The van der Waals surface area contributed by atoms with E-state index in [1.807, 2.05) is 0 Å². The molecule has 0 aliphatic carbocycles. The van der Waals surface area contributed by atoms with Gasteiger partial charge in [-0.05, 0) is 6.42 Å². The monoisotopic (exact) mass is 219 g/mol. The molecule has 0 aromatic rings. The van der Waals surface area contributed by atoms with Gasteiger partial charge in [-0.15, -0.1) is 0 Å². The first-order valence-electron chi connectivity index (χ1n) is 4.90. The van der Waals surface area contributed by atoms with Gasteiger partial charge in [0.2, 0.25) is 5.91 Å². The maximum absolute atomic E-state index is 11.6. The first-order valence-corrected chi connectivity index (χ1v) is 4.90. The van der Waals surface area contributed by atoms with Crippen LogP contribution in [0.3, 0.4) is 0 Å². The van der Waals surface area contributed by atoms with Gasteiger partial charge < -0.3 is 25.4 Å². The maximum Gasteiger partial charge on any atom is 0.226 e. The molecule has 1 amide bonds. The molecular weight excluding hydrogens is 202 g/mol. The summed E-state index contributed by atoms with van der Waals surface area (Å²) in [5, 5.41) is 29.5. The fourth-order valence-corrected chi connectivity index (χ4v) is 1.37. The van der Waals surface area contributed by atoms with E-state index in [0.717, 1.165) is 0 Å². The number of ether oxygens (including phenoxy) is 1. The fraction of sp³-hybridized carbons (Fsp3) is 0.889. The van der Waals surface area contributed by atoms with Gasteiger partial charge in [0.25, 0.3) is 0 Å². The molecule has 1 aliphatic rings. The minimum absolute atomic E-state index is 0.256. The summed E-state index contributed by atoms with van der Waals surface area (Å²) in [6.07, 6.45) is 0.629. The highest BCUT2D eigenvalue weighted by Crippen LogP contribution is 2.14. The first-order chi connectivity index (χ1) is 7.17. The van der Waals surface area contributed by atoms with Gasteiger partial charge in [0.15, 0.2) is 0 Å². The second-order valence-electron chi connectivity index (χ2n) is 3.80. The van der Waals surface area contributed by atoms with E-state index in [-0.39, 0.29) is 11.8 Å². The lowest BCUT2D eigenvalue weighted by molar-refractivity contribution is -0.129. The first kappa shape index (κ1) is 12.4. The van der Waals surface area contributed by atoms with Crippen LogP contribution in [0.15, 0.2) is 0 Å². The number of rotatable bonds is 5. The average molecular weight is 219 g/mol. The average Bonchev–Trinajstić information content (AvgIpc) is 2.79. The van der Waals surface area contributed by atoms with E-state index in [9.17, 15) is 4.79 Å². The van der Waals surface area contributed by atoms with E-state index in [0.29, 0.717) is 19.6 Å². The number of nitrogens with one attached hydrogen (secondary N) is 1. The van der Waals surface area contributed by atoms with Gasteiger partial charge in [-0.2, -0.15) is 0 Å². The molecule has 0 saturated carbocycles. The van der Waals surface area contributed by atoms with Crippen LogP contribution in [0.5, 0.6) is 0 Å². The summed E-state index contributed by atoms with van der Waals surface area (Å²) in [5.41, 5.74) is -1.33. The molecule has 1 fully saturated rings. The molecule has 15 heavy (non-hydrogen) atoms. The Morgan fingerprint density at radius 2 is 1.93 bits per heavy atom. The lowest BCUT2D eigenvalue weighted by Crippen LogP contribution is -2.58. The van der Waals surface area contributed by atoms with Crippen LogP contribution in [0.2, 0.25) is 0 Å². The lowest BCUT2D eigenvalue weighted by Gasteiger charge is -2.29. The zero-order chi connectivity index (χ0) is 11.3. The third-order valence-corrected chi connectivity index (χ3v) is 2.60. The minimum Gasteiger partial charge on any atom is -0.394 e. The Balaban J connectivity index is 2.53. The van der Waals surface area contributed by atoms with Crippen molar-refractivity contribution in [3.05, 3.63) is 0 Å². The molecule has 1 rings (SSSR count). The third kappa shape index (κ3) is 2.88. The predicted octanol–water partition coefficient (Wildman–Crippen LogP) is -2.15. The second kappa shape index (κ2) is 5.41. The number of carbonyl (C=O) groups excluding carboxylic acids is 1. The van der Waals surface area contributed by atoms with Crippen molar-refractivity contribution in [3.8, 4) is 0 Å². The zero-order valence-electron chi connectivity index (χ0n) is 8.48. The standard InChI is InChI=1S/C9H17NO5/c11-4-9(5-12,6-13)10-8(14)7-1-2-15-3-7/h7,11-13H,1-6H2,(H,10,14). The number of amides is 1. The van der Waals surface area contributed by atoms with E-state index in [4.69, 9.17) is 20.1 Å². The van der Waals surface area contributed by atoms with Gasteiger partial charge >= 0.3 is 0 Å². The molecule has 0 aromatic carbocycles. The van der Waals surface area contributed by atoms with Crippen LogP contribution in [0, 0.1) is 5.92 Å². The van der Waals surface area contributed by atoms with Crippen LogP contribution in [-0.4, -0.2) is 59.8 Å². The predicted molar refractivity (Wildman–Crippen MR) is 51.1 cm³/mol. The Morgan fingerprint density at radius 3 is 2.33 bits per heavy atom. The van der Waals surface area contributed by atoms with Crippen molar-refractivity contribution in [1.82, 2.24) is 5.32 Å². The number of hydrogen-bond acceptors (Lipinski definition) is 5. The normalized spacial score (nSPS) is 21.7. The molecule has 4 N–H and O–H groups in total. The number of hydrogen-bond donors (Lipinski definition) is 4. The van der Waals surface area contributed by atoms with Gasteiger partial charge in [0, 0.05) is 6.61 Å². The summed E-state index contributed by atoms with van der Waals surface area (Å²) in [6.45, 7) is -0.607. The topological polar surface area (TPSA) is 99.0 Å². The van der Waals surface area contributed by atoms with Gasteiger partial charge in [-0.1, -0.05) is 0 Å². The summed E-state index contributed by atoms with van der Waals surface area (Å²) >= 11 is 0. The molecule has 6 nitrogen and oxygen atoms in total. The SMILES string of the molecule is O=C(NC(CO)(CO)CO)C1CCOC1. The fourth-order valence-electron chi connectivity index (χ4n) is 1.37. The Hall–Kier alpha value is -0.690. The van der Waals surface area contributed by atoms with E-state index in [1.165, 1.54) is 0 Å². The summed E-state index contributed by atoms with van der Waals surface area (Å²) in [4.78, 5) is 11.6. The Kier molecular flexibility index (Phi) is 4.46.